The average molecular weight is 258 g/mol. The minimum Gasteiger partial charge on any atom is -0.304 e. The largest absolute Gasteiger partial charge is 0.304 e. The molecule has 1 unspecified atom stereocenters. The van der Waals surface area contributed by atoms with E-state index >= 15 is 0 Å². The summed E-state index contributed by atoms with van der Waals surface area (Å²) in [7, 11) is 0. The van der Waals surface area contributed by atoms with Gasteiger partial charge in [-0.1, -0.05) is 18.2 Å². The maximum absolute atomic E-state index is 12.4. The molecule has 2 rings (SSSR count). The number of benzene rings is 1. The smallest absolute Gasteiger partial charge is 0.243 e. The fourth-order valence-corrected chi connectivity index (χ4v) is 2.34. The Morgan fingerprint density at radius 1 is 1.26 bits per heavy atom. The molecule has 1 aromatic rings. The monoisotopic (exact) mass is 258 g/mol. The van der Waals surface area contributed by atoms with E-state index < -0.39 is 5.92 Å². The van der Waals surface area contributed by atoms with Crippen molar-refractivity contribution >= 4 is 23.1 Å². The summed E-state index contributed by atoms with van der Waals surface area (Å²) in [6.45, 7) is 5.76. The van der Waals surface area contributed by atoms with Gasteiger partial charge in [-0.2, -0.15) is 0 Å². The lowest BCUT2D eigenvalue weighted by Gasteiger charge is -2.15. The standard InChI is InChI=1S/C15H18N2O2/c1-10(2)16-11(3)14-13(18)9-17(15(14)19)12-7-5-4-6-8-12/h4-8,10,14H,9H2,1-3H3. The molecule has 4 heteroatoms. The van der Waals surface area contributed by atoms with Crippen LogP contribution in [0.5, 0.6) is 0 Å². The molecule has 0 N–H and O–H groups in total. The van der Waals surface area contributed by atoms with Crippen molar-refractivity contribution in [2.75, 3.05) is 11.4 Å². The van der Waals surface area contributed by atoms with Gasteiger partial charge in [0.2, 0.25) is 5.91 Å². The second kappa shape index (κ2) is 5.34. The quantitative estimate of drug-likeness (QED) is 0.615. The van der Waals surface area contributed by atoms with Gasteiger partial charge in [0.05, 0.1) is 6.54 Å². The van der Waals surface area contributed by atoms with Crippen LogP contribution in [0.2, 0.25) is 0 Å². The Labute approximate surface area is 113 Å². The molecule has 0 radical (unpaired) electrons. The van der Waals surface area contributed by atoms with Crippen LogP contribution in [-0.2, 0) is 9.59 Å². The van der Waals surface area contributed by atoms with E-state index in [2.05, 4.69) is 4.99 Å². The molecule has 1 atom stereocenters. The van der Waals surface area contributed by atoms with Gasteiger partial charge >= 0.3 is 0 Å². The molecule has 0 spiro atoms. The Morgan fingerprint density at radius 3 is 2.47 bits per heavy atom. The summed E-state index contributed by atoms with van der Waals surface area (Å²) >= 11 is 0. The normalized spacial score (nSPS) is 20.5. The van der Waals surface area contributed by atoms with Crippen LogP contribution >= 0.6 is 0 Å². The Hall–Kier alpha value is -1.97. The highest BCUT2D eigenvalue weighted by molar-refractivity contribution is 6.29. The lowest BCUT2D eigenvalue weighted by atomic mass is 10.0. The Morgan fingerprint density at radius 2 is 1.89 bits per heavy atom. The predicted octanol–water partition coefficient (Wildman–Crippen LogP) is 2.09. The van der Waals surface area contributed by atoms with E-state index in [1.54, 1.807) is 6.92 Å². The number of rotatable bonds is 3. The number of hydrogen-bond acceptors (Lipinski definition) is 3. The Kier molecular flexibility index (Phi) is 3.79. The molecule has 0 aromatic heterocycles. The molecular formula is C15H18N2O2. The number of carbonyl (C=O) groups excluding carboxylic acids is 2. The first kappa shape index (κ1) is 13.5. The number of nitrogens with zero attached hydrogens (tertiary/aromatic N) is 2. The number of hydrogen-bond donors (Lipinski definition) is 0. The third-order valence-corrected chi connectivity index (χ3v) is 3.10. The van der Waals surface area contributed by atoms with E-state index in [-0.39, 0.29) is 24.3 Å². The highest BCUT2D eigenvalue weighted by atomic mass is 16.2. The highest BCUT2D eigenvalue weighted by Crippen LogP contribution is 2.24. The fraction of sp³-hybridized carbons (Fsp3) is 0.400. The van der Waals surface area contributed by atoms with E-state index in [9.17, 15) is 9.59 Å². The second-order valence-corrected chi connectivity index (χ2v) is 5.02. The third-order valence-electron chi connectivity index (χ3n) is 3.10. The van der Waals surface area contributed by atoms with Gasteiger partial charge in [0, 0.05) is 17.4 Å². The van der Waals surface area contributed by atoms with E-state index in [4.69, 9.17) is 0 Å². The van der Waals surface area contributed by atoms with Gasteiger partial charge in [-0.3, -0.25) is 14.6 Å². The first-order chi connectivity index (χ1) is 9.00. The van der Waals surface area contributed by atoms with E-state index in [1.165, 1.54) is 4.90 Å². The number of para-hydroxylation sites is 1. The molecule has 1 aliphatic heterocycles. The zero-order valence-electron chi connectivity index (χ0n) is 11.5. The number of carbonyl (C=O) groups is 2. The van der Waals surface area contributed by atoms with Gasteiger partial charge in [-0.25, -0.2) is 0 Å². The van der Waals surface area contributed by atoms with Gasteiger partial charge in [0.1, 0.15) is 5.92 Å². The van der Waals surface area contributed by atoms with Crippen LogP contribution in [0, 0.1) is 5.92 Å². The van der Waals surface area contributed by atoms with Crippen molar-refractivity contribution in [3.8, 4) is 0 Å². The van der Waals surface area contributed by atoms with E-state index in [0.717, 1.165) is 5.69 Å². The lowest BCUT2D eigenvalue weighted by Crippen LogP contribution is -2.30. The van der Waals surface area contributed by atoms with Crippen molar-refractivity contribution in [2.24, 2.45) is 10.9 Å². The first-order valence-electron chi connectivity index (χ1n) is 6.44. The predicted molar refractivity (Wildman–Crippen MR) is 75.5 cm³/mol. The summed E-state index contributed by atoms with van der Waals surface area (Å²) in [4.78, 5) is 30.3. The summed E-state index contributed by atoms with van der Waals surface area (Å²) in [6.07, 6.45) is 0. The Bertz CT molecular complexity index is 520. The van der Waals surface area contributed by atoms with E-state index in [0.29, 0.717) is 5.71 Å². The molecule has 1 amide bonds. The van der Waals surface area contributed by atoms with Crippen molar-refractivity contribution < 1.29 is 9.59 Å². The van der Waals surface area contributed by atoms with Gasteiger partial charge in [-0.05, 0) is 32.9 Å². The maximum Gasteiger partial charge on any atom is 0.243 e. The fourth-order valence-electron chi connectivity index (χ4n) is 2.34. The number of aliphatic imine (C=N–C) groups is 1. The van der Waals surface area contributed by atoms with Crippen molar-refractivity contribution in [2.45, 2.75) is 26.8 Å². The topological polar surface area (TPSA) is 49.7 Å². The average Bonchev–Trinajstić information content (AvgIpc) is 2.65. The van der Waals surface area contributed by atoms with Crippen LogP contribution in [-0.4, -0.2) is 30.0 Å². The van der Waals surface area contributed by atoms with Crippen LogP contribution in [0.4, 0.5) is 5.69 Å². The number of Topliss-reactive ketones (excluding diaryl/α,β-unsaturated/α-hetero) is 1. The van der Waals surface area contributed by atoms with Gasteiger partial charge < -0.3 is 4.90 Å². The Balaban J connectivity index is 2.27. The van der Waals surface area contributed by atoms with Crippen molar-refractivity contribution in [3.63, 3.8) is 0 Å². The van der Waals surface area contributed by atoms with Crippen molar-refractivity contribution in [1.29, 1.82) is 0 Å². The van der Waals surface area contributed by atoms with Gasteiger partial charge in [-0.15, -0.1) is 0 Å². The molecule has 0 aliphatic carbocycles. The van der Waals surface area contributed by atoms with Crippen LogP contribution in [0.3, 0.4) is 0 Å². The zero-order chi connectivity index (χ0) is 14.0. The molecule has 19 heavy (non-hydrogen) atoms. The summed E-state index contributed by atoms with van der Waals surface area (Å²) in [6, 6.07) is 9.36. The molecule has 100 valence electrons. The molecule has 0 bridgehead atoms. The number of ketones is 1. The van der Waals surface area contributed by atoms with Crippen LogP contribution in [0.1, 0.15) is 20.8 Å². The van der Waals surface area contributed by atoms with Crippen molar-refractivity contribution in [3.05, 3.63) is 30.3 Å². The number of amides is 1. The molecule has 1 heterocycles. The molecule has 1 aliphatic rings. The molecule has 1 saturated heterocycles. The highest BCUT2D eigenvalue weighted by Gasteiger charge is 2.41. The summed E-state index contributed by atoms with van der Waals surface area (Å²) in [5, 5.41) is 0. The molecular weight excluding hydrogens is 240 g/mol. The second-order valence-electron chi connectivity index (χ2n) is 5.02. The van der Waals surface area contributed by atoms with Gasteiger partial charge in [0.25, 0.3) is 0 Å². The molecule has 4 nitrogen and oxygen atoms in total. The maximum atomic E-state index is 12.4. The van der Waals surface area contributed by atoms with Crippen LogP contribution < -0.4 is 4.90 Å². The molecule has 0 saturated carbocycles. The van der Waals surface area contributed by atoms with Crippen molar-refractivity contribution in [1.82, 2.24) is 0 Å². The summed E-state index contributed by atoms with van der Waals surface area (Å²) < 4.78 is 0. The molecule has 1 aromatic carbocycles. The summed E-state index contributed by atoms with van der Waals surface area (Å²) in [5.41, 5.74) is 1.38. The lowest BCUT2D eigenvalue weighted by molar-refractivity contribution is -0.124. The SMILES string of the molecule is CC(=NC(C)C)C1C(=O)CN(c2ccccc2)C1=O. The van der Waals surface area contributed by atoms with Crippen LogP contribution in [0.15, 0.2) is 35.3 Å². The number of anilines is 1. The summed E-state index contributed by atoms with van der Waals surface area (Å²) in [5.74, 6) is -0.948. The first-order valence-corrected chi connectivity index (χ1v) is 6.44. The molecule has 1 fully saturated rings. The van der Waals surface area contributed by atoms with Crippen LogP contribution in [0.25, 0.3) is 0 Å². The zero-order valence-corrected chi connectivity index (χ0v) is 11.5. The minimum absolute atomic E-state index is 0.0734. The van der Waals surface area contributed by atoms with E-state index in [1.807, 2.05) is 44.2 Å². The third kappa shape index (κ3) is 2.72. The minimum atomic E-state index is -0.706. The van der Waals surface area contributed by atoms with Gasteiger partial charge in [0.15, 0.2) is 5.78 Å².